The molecule has 0 aliphatic rings. The summed E-state index contributed by atoms with van der Waals surface area (Å²) in [7, 11) is 0. The fourth-order valence-corrected chi connectivity index (χ4v) is 3.14. The molecule has 156 valence electrons. The van der Waals surface area contributed by atoms with E-state index in [9.17, 15) is 0 Å². The highest BCUT2D eigenvalue weighted by Gasteiger charge is 2.05. The molecule has 0 unspecified atom stereocenters. The van der Waals surface area contributed by atoms with Crippen LogP contribution in [0.2, 0.25) is 0 Å². The standard InChI is InChI=1S/C22H24N6O.HI/c1-2-23-22(25-16-21-27-26-20-12-5-6-14-28(20)21)24-13-15-29-19-11-7-9-17-8-3-4-10-18(17)19;/h3-12,14H,2,13,15-16H2,1H3,(H2,23,24,25);1H. The molecule has 0 saturated heterocycles. The number of rotatable bonds is 7. The van der Waals surface area contributed by atoms with E-state index in [1.54, 1.807) is 0 Å². The largest absolute Gasteiger partial charge is 0.491 e. The van der Waals surface area contributed by atoms with Crippen molar-refractivity contribution in [2.45, 2.75) is 13.5 Å². The molecule has 0 fully saturated rings. The number of benzene rings is 2. The van der Waals surface area contributed by atoms with Gasteiger partial charge in [-0.25, -0.2) is 4.99 Å². The Balaban J connectivity index is 0.00000256. The van der Waals surface area contributed by atoms with Gasteiger partial charge in [-0.3, -0.25) is 4.40 Å². The number of hydrogen-bond donors (Lipinski definition) is 2. The Hall–Kier alpha value is -2.88. The van der Waals surface area contributed by atoms with Crippen molar-refractivity contribution in [2.24, 2.45) is 4.99 Å². The van der Waals surface area contributed by atoms with Gasteiger partial charge in [-0.15, -0.1) is 34.2 Å². The first-order valence-corrected chi connectivity index (χ1v) is 9.76. The van der Waals surface area contributed by atoms with E-state index in [1.165, 1.54) is 5.39 Å². The number of ether oxygens (including phenoxy) is 1. The van der Waals surface area contributed by atoms with Gasteiger partial charge in [-0.2, -0.15) is 0 Å². The van der Waals surface area contributed by atoms with Gasteiger partial charge in [0.2, 0.25) is 0 Å². The minimum atomic E-state index is 0. The first-order chi connectivity index (χ1) is 14.3. The molecule has 0 radical (unpaired) electrons. The van der Waals surface area contributed by atoms with Gasteiger partial charge in [0.25, 0.3) is 0 Å². The monoisotopic (exact) mass is 516 g/mol. The molecule has 0 amide bonds. The van der Waals surface area contributed by atoms with Crippen molar-refractivity contribution in [3.8, 4) is 5.75 Å². The quantitative estimate of drug-likeness (QED) is 0.170. The molecule has 0 aliphatic heterocycles. The van der Waals surface area contributed by atoms with Crippen LogP contribution < -0.4 is 15.4 Å². The summed E-state index contributed by atoms with van der Waals surface area (Å²) in [6.45, 7) is 4.42. The Kier molecular flexibility index (Phi) is 7.83. The fourth-order valence-electron chi connectivity index (χ4n) is 3.14. The van der Waals surface area contributed by atoms with E-state index in [1.807, 2.05) is 60.0 Å². The zero-order valence-corrected chi connectivity index (χ0v) is 19.1. The second kappa shape index (κ2) is 10.8. The second-order valence-corrected chi connectivity index (χ2v) is 6.49. The summed E-state index contributed by atoms with van der Waals surface area (Å²) in [4.78, 5) is 4.62. The van der Waals surface area contributed by atoms with Gasteiger partial charge in [-0.05, 0) is 30.5 Å². The van der Waals surface area contributed by atoms with Crippen LogP contribution in [0.1, 0.15) is 12.7 Å². The van der Waals surface area contributed by atoms with Crippen molar-refractivity contribution >= 4 is 46.4 Å². The van der Waals surface area contributed by atoms with Crippen molar-refractivity contribution in [3.63, 3.8) is 0 Å². The first kappa shape index (κ1) is 21.8. The average Bonchev–Trinajstić information content (AvgIpc) is 3.18. The smallest absolute Gasteiger partial charge is 0.191 e. The minimum absolute atomic E-state index is 0. The molecule has 7 nitrogen and oxygen atoms in total. The van der Waals surface area contributed by atoms with Crippen LogP contribution in [-0.4, -0.2) is 40.3 Å². The van der Waals surface area contributed by atoms with Gasteiger partial charge in [0.05, 0.1) is 6.54 Å². The molecular formula is C22H25IN6O. The SMILES string of the molecule is CCNC(=NCc1nnc2ccccn12)NCCOc1cccc2ccccc12.I. The molecule has 0 spiro atoms. The van der Waals surface area contributed by atoms with Gasteiger partial charge in [-0.1, -0.05) is 42.5 Å². The number of nitrogens with zero attached hydrogens (tertiary/aromatic N) is 4. The fraction of sp³-hybridized carbons (Fsp3) is 0.227. The van der Waals surface area contributed by atoms with E-state index < -0.39 is 0 Å². The number of guanidine groups is 1. The van der Waals surface area contributed by atoms with Crippen LogP contribution in [0.4, 0.5) is 0 Å². The third-order valence-electron chi connectivity index (χ3n) is 4.51. The molecule has 2 heterocycles. The lowest BCUT2D eigenvalue weighted by Crippen LogP contribution is -2.39. The topological polar surface area (TPSA) is 75.8 Å². The summed E-state index contributed by atoms with van der Waals surface area (Å²) in [6.07, 6.45) is 1.94. The molecule has 0 atom stereocenters. The van der Waals surface area contributed by atoms with Crippen molar-refractivity contribution < 1.29 is 4.74 Å². The summed E-state index contributed by atoms with van der Waals surface area (Å²) >= 11 is 0. The highest BCUT2D eigenvalue weighted by atomic mass is 127. The zero-order chi connectivity index (χ0) is 19.9. The highest BCUT2D eigenvalue weighted by molar-refractivity contribution is 14.0. The van der Waals surface area contributed by atoms with Crippen molar-refractivity contribution in [2.75, 3.05) is 19.7 Å². The number of nitrogens with one attached hydrogen (secondary N) is 2. The molecule has 4 aromatic rings. The van der Waals surface area contributed by atoms with Gasteiger partial charge in [0, 0.05) is 18.1 Å². The van der Waals surface area contributed by atoms with Gasteiger partial charge in [0.15, 0.2) is 17.4 Å². The van der Waals surface area contributed by atoms with Gasteiger partial charge < -0.3 is 15.4 Å². The van der Waals surface area contributed by atoms with Crippen LogP contribution in [-0.2, 0) is 6.54 Å². The predicted octanol–water partition coefficient (Wildman–Crippen LogP) is 3.63. The van der Waals surface area contributed by atoms with E-state index in [0.717, 1.165) is 35.1 Å². The van der Waals surface area contributed by atoms with Crippen LogP contribution in [0, 0.1) is 0 Å². The van der Waals surface area contributed by atoms with E-state index >= 15 is 0 Å². The number of fused-ring (bicyclic) bond motifs is 2. The van der Waals surface area contributed by atoms with Crippen molar-refractivity contribution in [1.82, 2.24) is 25.2 Å². The Morgan fingerprint density at radius 3 is 2.73 bits per heavy atom. The molecular weight excluding hydrogens is 491 g/mol. The Morgan fingerprint density at radius 1 is 1.00 bits per heavy atom. The number of halogens is 1. The summed E-state index contributed by atoms with van der Waals surface area (Å²) in [5, 5.41) is 17.2. The van der Waals surface area contributed by atoms with Crippen molar-refractivity contribution in [3.05, 3.63) is 72.7 Å². The number of aromatic nitrogens is 3. The molecule has 0 saturated carbocycles. The predicted molar refractivity (Wildman–Crippen MR) is 131 cm³/mol. The molecule has 30 heavy (non-hydrogen) atoms. The van der Waals surface area contributed by atoms with E-state index in [2.05, 4.69) is 44.0 Å². The average molecular weight is 516 g/mol. The third-order valence-corrected chi connectivity index (χ3v) is 4.51. The normalized spacial score (nSPS) is 11.3. The maximum atomic E-state index is 5.98. The highest BCUT2D eigenvalue weighted by Crippen LogP contribution is 2.24. The number of aliphatic imine (C=N–C) groups is 1. The lowest BCUT2D eigenvalue weighted by atomic mass is 10.1. The van der Waals surface area contributed by atoms with Crippen molar-refractivity contribution in [1.29, 1.82) is 0 Å². The summed E-state index contributed by atoms with van der Waals surface area (Å²) in [6, 6.07) is 20.1. The van der Waals surface area contributed by atoms with E-state index in [0.29, 0.717) is 19.7 Å². The van der Waals surface area contributed by atoms with E-state index in [-0.39, 0.29) is 24.0 Å². The number of pyridine rings is 1. The summed E-state index contributed by atoms with van der Waals surface area (Å²) in [5.41, 5.74) is 0.819. The lowest BCUT2D eigenvalue weighted by Gasteiger charge is -2.13. The molecule has 0 aliphatic carbocycles. The molecule has 2 aromatic carbocycles. The Bertz CT molecular complexity index is 1120. The Labute approximate surface area is 192 Å². The molecule has 4 rings (SSSR count). The minimum Gasteiger partial charge on any atom is -0.491 e. The zero-order valence-electron chi connectivity index (χ0n) is 16.8. The maximum Gasteiger partial charge on any atom is 0.191 e. The maximum absolute atomic E-state index is 5.98. The first-order valence-electron chi connectivity index (χ1n) is 9.76. The van der Waals surface area contributed by atoms with Gasteiger partial charge in [0.1, 0.15) is 18.9 Å². The van der Waals surface area contributed by atoms with Crippen LogP contribution in [0.3, 0.4) is 0 Å². The summed E-state index contributed by atoms with van der Waals surface area (Å²) in [5.74, 6) is 2.41. The second-order valence-electron chi connectivity index (χ2n) is 6.49. The Morgan fingerprint density at radius 2 is 1.83 bits per heavy atom. The van der Waals surface area contributed by atoms with E-state index in [4.69, 9.17) is 4.74 Å². The lowest BCUT2D eigenvalue weighted by molar-refractivity contribution is 0.325. The van der Waals surface area contributed by atoms with Crippen LogP contribution >= 0.6 is 24.0 Å². The van der Waals surface area contributed by atoms with Crippen LogP contribution in [0.5, 0.6) is 5.75 Å². The van der Waals surface area contributed by atoms with Crippen LogP contribution in [0.25, 0.3) is 16.4 Å². The summed E-state index contributed by atoms with van der Waals surface area (Å²) < 4.78 is 7.93. The number of hydrogen-bond acceptors (Lipinski definition) is 4. The third kappa shape index (κ3) is 5.18. The molecule has 2 aromatic heterocycles. The molecule has 8 heteroatoms. The molecule has 2 N–H and O–H groups in total. The van der Waals surface area contributed by atoms with Gasteiger partial charge >= 0.3 is 0 Å². The molecule has 0 bridgehead atoms. The van der Waals surface area contributed by atoms with Crippen LogP contribution in [0.15, 0.2) is 71.9 Å².